The summed E-state index contributed by atoms with van der Waals surface area (Å²) in [7, 11) is 0. The monoisotopic (exact) mass is 321 g/mol. The van der Waals surface area contributed by atoms with E-state index in [2.05, 4.69) is 26.7 Å². The maximum Gasteiger partial charge on any atom is 0.254 e. The standard InChI is InChI=1S/C18H19N5O/c19-10-13-6-8-16(9-7-13)23-18-20-11-14(12-21-18)17(24)22-15-4-2-1-3-5-15/h6-9,11-12,15H,1-5H2,(H,22,24)(H,20,21,23). The van der Waals surface area contributed by atoms with Crippen LogP contribution in [0.3, 0.4) is 0 Å². The largest absolute Gasteiger partial charge is 0.349 e. The Morgan fingerprint density at radius 1 is 1.08 bits per heavy atom. The van der Waals surface area contributed by atoms with Gasteiger partial charge >= 0.3 is 0 Å². The molecule has 0 aliphatic heterocycles. The van der Waals surface area contributed by atoms with Crippen LogP contribution >= 0.6 is 0 Å². The molecule has 1 saturated carbocycles. The third kappa shape index (κ3) is 4.07. The highest BCUT2D eigenvalue weighted by molar-refractivity contribution is 5.93. The maximum absolute atomic E-state index is 12.2. The van der Waals surface area contributed by atoms with Crippen molar-refractivity contribution in [2.75, 3.05) is 5.32 Å². The van der Waals surface area contributed by atoms with Gasteiger partial charge < -0.3 is 10.6 Å². The number of aromatic nitrogens is 2. The normalized spacial score (nSPS) is 14.6. The molecule has 0 unspecified atom stereocenters. The number of nitrogens with zero attached hydrogens (tertiary/aromatic N) is 3. The first-order valence-corrected chi connectivity index (χ1v) is 8.15. The molecule has 0 spiro atoms. The molecule has 6 nitrogen and oxygen atoms in total. The summed E-state index contributed by atoms with van der Waals surface area (Å²) in [5.74, 6) is 0.292. The quantitative estimate of drug-likeness (QED) is 0.902. The molecule has 2 aromatic rings. The lowest BCUT2D eigenvalue weighted by atomic mass is 9.95. The molecule has 1 fully saturated rings. The minimum absolute atomic E-state index is 0.119. The van der Waals surface area contributed by atoms with Gasteiger partial charge in [-0.1, -0.05) is 19.3 Å². The first-order valence-electron chi connectivity index (χ1n) is 8.15. The van der Waals surface area contributed by atoms with Crippen molar-refractivity contribution in [1.29, 1.82) is 5.26 Å². The lowest BCUT2D eigenvalue weighted by molar-refractivity contribution is 0.0927. The molecule has 0 radical (unpaired) electrons. The molecule has 1 aromatic heterocycles. The maximum atomic E-state index is 12.2. The molecule has 0 atom stereocenters. The van der Waals surface area contributed by atoms with Gasteiger partial charge in [0.15, 0.2) is 0 Å². The van der Waals surface area contributed by atoms with Gasteiger partial charge in [0.2, 0.25) is 5.95 Å². The molecule has 1 aliphatic carbocycles. The number of benzene rings is 1. The van der Waals surface area contributed by atoms with Gasteiger partial charge in [-0.05, 0) is 37.1 Å². The van der Waals surface area contributed by atoms with Crippen LogP contribution in [0.25, 0.3) is 0 Å². The van der Waals surface area contributed by atoms with Gasteiger partial charge in [-0.3, -0.25) is 4.79 Å². The molecule has 2 N–H and O–H groups in total. The number of carbonyl (C=O) groups excluding carboxylic acids is 1. The molecule has 6 heteroatoms. The lowest BCUT2D eigenvalue weighted by Gasteiger charge is -2.22. The molecule has 1 aliphatic rings. The van der Waals surface area contributed by atoms with Crippen LogP contribution in [0.4, 0.5) is 11.6 Å². The summed E-state index contributed by atoms with van der Waals surface area (Å²) in [6.45, 7) is 0. The Balaban J connectivity index is 1.59. The summed E-state index contributed by atoms with van der Waals surface area (Å²) in [4.78, 5) is 20.6. The van der Waals surface area contributed by atoms with Crippen LogP contribution in [-0.4, -0.2) is 21.9 Å². The average Bonchev–Trinajstić information content (AvgIpc) is 2.64. The number of rotatable bonds is 4. The van der Waals surface area contributed by atoms with Gasteiger partial charge in [0.05, 0.1) is 17.2 Å². The van der Waals surface area contributed by atoms with Crippen LogP contribution in [0, 0.1) is 11.3 Å². The van der Waals surface area contributed by atoms with E-state index in [9.17, 15) is 4.79 Å². The predicted octanol–water partition coefficient (Wildman–Crippen LogP) is 3.15. The summed E-state index contributed by atoms with van der Waals surface area (Å²) in [5, 5.41) is 14.9. The average molecular weight is 321 g/mol. The Kier molecular flexibility index (Phi) is 5.02. The molecule has 1 amide bonds. The zero-order chi connectivity index (χ0) is 16.8. The second-order valence-electron chi connectivity index (χ2n) is 5.92. The fourth-order valence-electron chi connectivity index (χ4n) is 2.78. The van der Waals surface area contributed by atoms with Crippen LogP contribution in [0.5, 0.6) is 0 Å². The van der Waals surface area contributed by atoms with E-state index in [1.165, 1.54) is 31.7 Å². The van der Waals surface area contributed by atoms with Crippen LogP contribution in [0.1, 0.15) is 48.0 Å². The molecule has 1 aromatic carbocycles. The molecule has 122 valence electrons. The van der Waals surface area contributed by atoms with Crippen molar-refractivity contribution in [3.05, 3.63) is 47.8 Å². The van der Waals surface area contributed by atoms with E-state index in [1.54, 1.807) is 24.3 Å². The van der Waals surface area contributed by atoms with Crippen LogP contribution < -0.4 is 10.6 Å². The van der Waals surface area contributed by atoms with E-state index >= 15 is 0 Å². The smallest absolute Gasteiger partial charge is 0.254 e. The molecule has 0 bridgehead atoms. The minimum atomic E-state index is -0.119. The fraction of sp³-hybridized carbons (Fsp3) is 0.333. The van der Waals surface area contributed by atoms with Gasteiger partial charge in [0, 0.05) is 24.1 Å². The third-order valence-electron chi connectivity index (χ3n) is 4.12. The van der Waals surface area contributed by atoms with E-state index in [1.807, 2.05) is 0 Å². The Hall–Kier alpha value is -2.94. The molecular formula is C18H19N5O. The summed E-state index contributed by atoms with van der Waals surface area (Å²) in [6.07, 6.45) is 8.75. The number of nitriles is 1. The Morgan fingerprint density at radius 3 is 2.38 bits per heavy atom. The van der Waals surface area contributed by atoms with Crippen molar-refractivity contribution < 1.29 is 4.79 Å². The highest BCUT2D eigenvalue weighted by Crippen LogP contribution is 2.18. The predicted molar refractivity (Wildman–Crippen MR) is 90.8 cm³/mol. The second-order valence-corrected chi connectivity index (χ2v) is 5.92. The zero-order valence-electron chi connectivity index (χ0n) is 13.3. The lowest BCUT2D eigenvalue weighted by Crippen LogP contribution is -2.36. The van der Waals surface area contributed by atoms with E-state index in [4.69, 9.17) is 5.26 Å². The van der Waals surface area contributed by atoms with E-state index in [0.29, 0.717) is 17.1 Å². The Labute approximate surface area is 140 Å². The minimum Gasteiger partial charge on any atom is -0.349 e. The van der Waals surface area contributed by atoms with E-state index in [-0.39, 0.29) is 11.9 Å². The van der Waals surface area contributed by atoms with Crippen molar-refractivity contribution in [3.63, 3.8) is 0 Å². The van der Waals surface area contributed by atoms with Crippen molar-refractivity contribution in [2.45, 2.75) is 38.1 Å². The summed E-state index contributed by atoms with van der Waals surface area (Å²) in [5.41, 5.74) is 1.84. The highest BCUT2D eigenvalue weighted by Gasteiger charge is 2.17. The fourth-order valence-corrected chi connectivity index (χ4v) is 2.78. The van der Waals surface area contributed by atoms with Crippen molar-refractivity contribution in [1.82, 2.24) is 15.3 Å². The third-order valence-corrected chi connectivity index (χ3v) is 4.12. The first kappa shape index (κ1) is 15.9. The number of carbonyl (C=O) groups is 1. The van der Waals surface area contributed by atoms with Crippen LogP contribution in [-0.2, 0) is 0 Å². The van der Waals surface area contributed by atoms with Crippen molar-refractivity contribution >= 4 is 17.5 Å². The van der Waals surface area contributed by atoms with E-state index in [0.717, 1.165) is 18.5 Å². The number of anilines is 2. The van der Waals surface area contributed by atoms with Crippen LogP contribution in [0.2, 0.25) is 0 Å². The Morgan fingerprint density at radius 2 is 1.75 bits per heavy atom. The van der Waals surface area contributed by atoms with Gasteiger partial charge in [0.1, 0.15) is 0 Å². The van der Waals surface area contributed by atoms with E-state index < -0.39 is 0 Å². The Bertz CT molecular complexity index is 727. The molecule has 0 saturated heterocycles. The summed E-state index contributed by atoms with van der Waals surface area (Å²) in [6, 6.07) is 9.33. The zero-order valence-corrected chi connectivity index (χ0v) is 13.3. The molecule has 1 heterocycles. The number of amides is 1. The van der Waals surface area contributed by atoms with Crippen molar-refractivity contribution in [3.8, 4) is 6.07 Å². The van der Waals surface area contributed by atoms with Gasteiger partial charge in [-0.15, -0.1) is 0 Å². The topological polar surface area (TPSA) is 90.7 Å². The SMILES string of the molecule is N#Cc1ccc(Nc2ncc(C(=O)NC3CCCCC3)cn2)cc1. The van der Waals surface area contributed by atoms with Gasteiger partial charge in [0.25, 0.3) is 5.91 Å². The summed E-state index contributed by atoms with van der Waals surface area (Å²) >= 11 is 0. The number of hydrogen-bond acceptors (Lipinski definition) is 5. The summed E-state index contributed by atoms with van der Waals surface area (Å²) < 4.78 is 0. The first-order chi connectivity index (χ1) is 11.7. The number of nitrogens with one attached hydrogen (secondary N) is 2. The molecule has 24 heavy (non-hydrogen) atoms. The highest BCUT2D eigenvalue weighted by atomic mass is 16.1. The number of hydrogen-bond donors (Lipinski definition) is 2. The molecular weight excluding hydrogens is 302 g/mol. The van der Waals surface area contributed by atoms with Crippen molar-refractivity contribution in [2.24, 2.45) is 0 Å². The van der Waals surface area contributed by atoms with Gasteiger partial charge in [-0.2, -0.15) is 5.26 Å². The van der Waals surface area contributed by atoms with Crippen LogP contribution in [0.15, 0.2) is 36.7 Å². The van der Waals surface area contributed by atoms with Gasteiger partial charge in [-0.25, -0.2) is 9.97 Å². The molecule has 3 rings (SSSR count). The second kappa shape index (κ2) is 7.55.